The number of morpholine rings is 1. The smallest absolute Gasteiger partial charge is 0.0659 e. The maximum atomic E-state index is 5.30. The third kappa shape index (κ3) is 3.96. The molecular formula is C15H23N3O. The van der Waals surface area contributed by atoms with E-state index in [2.05, 4.69) is 53.1 Å². The highest BCUT2D eigenvalue weighted by atomic mass is 16.5. The Hall–Kier alpha value is -1.55. The maximum Gasteiger partial charge on any atom is 0.0659 e. The van der Waals surface area contributed by atoms with Gasteiger partial charge in [0.25, 0.3) is 0 Å². The molecule has 4 heteroatoms. The lowest BCUT2D eigenvalue weighted by molar-refractivity contribution is 0.0397. The number of ether oxygens (including phenoxy) is 1. The van der Waals surface area contributed by atoms with Crippen LogP contribution in [0, 0.1) is 0 Å². The Kier molecular flexibility index (Phi) is 5.21. The highest BCUT2D eigenvalue weighted by Gasteiger charge is 2.06. The SMILES string of the molecule is CCN(CC)c1ccc(/C=N/N2CCOCC2)cc1. The Morgan fingerprint density at radius 1 is 1.16 bits per heavy atom. The number of benzene rings is 1. The zero-order valence-electron chi connectivity index (χ0n) is 11.9. The molecule has 1 aliphatic heterocycles. The summed E-state index contributed by atoms with van der Waals surface area (Å²) in [6.07, 6.45) is 1.93. The topological polar surface area (TPSA) is 28.1 Å². The summed E-state index contributed by atoms with van der Waals surface area (Å²) in [6, 6.07) is 8.57. The highest BCUT2D eigenvalue weighted by Crippen LogP contribution is 2.14. The molecule has 0 saturated carbocycles. The minimum Gasteiger partial charge on any atom is -0.378 e. The second kappa shape index (κ2) is 7.14. The van der Waals surface area contributed by atoms with Crippen LogP contribution in [0.1, 0.15) is 19.4 Å². The van der Waals surface area contributed by atoms with Crippen LogP contribution < -0.4 is 4.90 Å². The van der Waals surface area contributed by atoms with Gasteiger partial charge in [0.1, 0.15) is 0 Å². The molecule has 0 atom stereocenters. The van der Waals surface area contributed by atoms with E-state index in [-0.39, 0.29) is 0 Å². The number of rotatable bonds is 5. The summed E-state index contributed by atoms with van der Waals surface area (Å²) in [7, 11) is 0. The lowest BCUT2D eigenvalue weighted by Gasteiger charge is -2.23. The first kappa shape index (κ1) is 13.9. The van der Waals surface area contributed by atoms with Crippen LogP contribution in [-0.4, -0.2) is 50.6 Å². The fraction of sp³-hybridized carbons (Fsp3) is 0.533. The summed E-state index contributed by atoms with van der Waals surface area (Å²) < 4.78 is 5.30. The minimum absolute atomic E-state index is 0.776. The number of hydrogen-bond acceptors (Lipinski definition) is 4. The molecule has 2 rings (SSSR count). The van der Waals surface area contributed by atoms with Crippen molar-refractivity contribution in [2.45, 2.75) is 13.8 Å². The van der Waals surface area contributed by atoms with E-state index in [4.69, 9.17) is 4.74 Å². The first-order chi connectivity index (χ1) is 9.33. The van der Waals surface area contributed by atoms with Gasteiger partial charge in [0, 0.05) is 18.8 Å². The Morgan fingerprint density at radius 3 is 2.37 bits per heavy atom. The van der Waals surface area contributed by atoms with E-state index < -0.39 is 0 Å². The Labute approximate surface area is 115 Å². The first-order valence-electron chi connectivity index (χ1n) is 7.05. The normalized spacial score (nSPS) is 16.0. The van der Waals surface area contributed by atoms with Crippen molar-refractivity contribution in [1.82, 2.24) is 5.01 Å². The lowest BCUT2D eigenvalue weighted by atomic mass is 10.2. The van der Waals surface area contributed by atoms with Gasteiger partial charge in [-0.2, -0.15) is 5.10 Å². The van der Waals surface area contributed by atoms with Gasteiger partial charge in [-0.1, -0.05) is 12.1 Å². The summed E-state index contributed by atoms with van der Waals surface area (Å²) >= 11 is 0. The largest absolute Gasteiger partial charge is 0.378 e. The predicted molar refractivity (Wildman–Crippen MR) is 80.0 cm³/mol. The molecule has 0 radical (unpaired) electrons. The Bertz CT molecular complexity index is 392. The van der Waals surface area contributed by atoms with Crippen molar-refractivity contribution < 1.29 is 4.74 Å². The average molecular weight is 261 g/mol. The number of nitrogens with zero attached hydrogens (tertiary/aromatic N) is 3. The van der Waals surface area contributed by atoms with Crippen LogP contribution in [0.25, 0.3) is 0 Å². The van der Waals surface area contributed by atoms with Gasteiger partial charge in [-0.05, 0) is 31.5 Å². The molecule has 0 N–H and O–H groups in total. The highest BCUT2D eigenvalue weighted by molar-refractivity contribution is 5.80. The van der Waals surface area contributed by atoms with Gasteiger partial charge in [0.2, 0.25) is 0 Å². The molecule has 0 aromatic heterocycles. The molecule has 1 heterocycles. The molecule has 0 aliphatic carbocycles. The van der Waals surface area contributed by atoms with Gasteiger partial charge in [-0.15, -0.1) is 0 Å². The molecule has 104 valence electrons. The molecule has 0 spiro atoms. The van der Waals surface area contributed by atoms with Crippen molar-refractivity contribution in [3.63, 3.8) is 0 Å². The predicted octanol–water partition coefficient (Wildman–Crippen LogP) is 2.20. The Morgan fingerprint density at radius 2 is 1.79 bits per heavy atom. The van der Waals surface area contributed by atoms with Gasteiger partial charge in [0.05, 0.1) is 32.5 Å². The molecule has 0 unspecified atom stereocenters. The molecule has 1 aromatic carbocycles. The van der Waals surface area contributed by atoms with E-state index in [1.807, 2.05) is 6.21 Å². The quantitative estimate of drug-likeness (QED) is 0.761. The van der Waals surface area contributed by atoms with Crippen LogP contribution in [0.2, 0.25) is 0 Å². The summed E-state index contributed by atoms with van der Waals surface area (Å²) in [5, 5.41) is 6.54. The van der Waals surface area contributed by atoms with E-state index >= 15 is 0 Å². The van der Waals surface area contributed by atoms with Gasteiger partial charge >= 0.3 is 0 Å². The number of hydrogen-bond donors (Lipinski definition) is 0. The van der Waals surface area contributed by atoms with Crippen LogP contribution >= 0.6 is 0 Å². The van der Waals surface area contributed by atoms with Gasteiger partial charge in [0.15, 0.2) is 0 Å². The van der Waals surface area contributed by atoms with Crippen molar-refractivity contribution >= 4 is 11.9 Å². The molecule has 1 saturated heterocycles. The average Bonchev–Trinajstić information content (AvgIpc) is 2.49. The van der Waals surface area contributed by atoms with E-state index in [1.165, 1.54) is 5.69 Å². The zero-order chi connectivity index (χ0) is 13.5. The van der Waals surface area contributed by atoms with E-state index in [0.29, 0.717) is 0 Å². The molecule has 0 amide bonds. The third-order valence-corrected chi connectivity index (χ3v) is 3.38. The number of anilines is 1. The van der Waals surface area contributed by atoms with Crippen LogP contribution in [0.4, 0.5) is 5.69 Å². The van der Waals surface area contributed by atoms with Crippen molar-refractivity contribution in [3.05, 3.63) is 29.8 Å². The fourth-order valence-electron chi connectivity index (χ4n) is 2.18. The second-order valence-electron chi connectivity index (χ2n) is 4.57. The number of hydrazone groups is 1. The van der Waals surface area contributed by atoms with Crippen molar-refractivity contribution in [3.8, 4) is 0 Å². The minimum atomic E-state index is 0.776. The molecule has 1 fully saturated rings. The molecule has 1 aliphatic rings. The van der Waals surface area contributed by atoms with Crippen molar-refractivity contribution in [1.29, 1.82) is 0 Å². The van der Waals surface area contributed by atoms with E-state index in [0.717, 1.165) is 45.0 Å². The van der Waals surface area contributed by atoms with Gasteiger partial charge in [-0.25, -0.2) is 0 Å². The Balaban J connectivity index is 1.96. The zero-order valence-corrected chi connectivity index (χ0v) is 11.9. The van der Waals surface area contributed by atoms with Crippen LogP contribution in [-0.2, 0) is 4.74 Å². The van der Waals surface area contributed by atoms with Gasteiger partial charge < -0.3 is 9.64 Å². The first-order valence-corrected chi connectivity index (χ1v) is 7.05. The molecule has 4 nitrogen and oxygen atoms in total. The van der Waals surface area contributed by atoms with Crippen molar-refractivity contribution in [2.24, 2.45) is 5.10 Å². The summed E-state index contributed by atoms with van der Waals surface area (Å²) in [5.41, 5.74) is 2.41. The molecule has 0 bridgehead atoms. The summed E-state index contributed by atoms with van der Waals surface area (Å²) in [5.74, 6) is 0. The molecule has 19 heavy (non-hydrogen) atoms. The van der Waals surface area contributed by atoms with Crippen molar-refractivity contribution in [2.75, 3.05) is 44.3 Å². The van der Waals surface area contributed by atoms with Crippen LogP contribution in [0.15, 0.2) is 29.4 Å². The fourth-order valence-corrected chi connectivity index (χ4v) is 2.18. The third-order valence-electron chi connectivity index (χ3n) is 3.38. The standard InChI is InChI=1S/C15H23N3O/c1-3-17(4-2)15-7-5-14(6-8-15)13-16-18-9-11-19-12-10-18/h5-8,13H,3-4,9-12H2,1-2H3/b16-13+. The summed E-state index contributed by atoms with van der Waals surface area (Å²) in [4.78, 5) is 2.34. The van der Waals surface area contributed by atoms with Gasteiger partial charge in [-0.3, -0.25) is 5.01 Å². The van der Waals surface area contributed by atoms with E-state index in [9.17, 15) is 0 Å². The monoisotopic (exact) mass is 261 g/mol. The lowest BCUT2D eigenvalue weighted by Crippen LogP contribution is -2.32. The van der Waals surface area contributed by atoms with Crippen LogP contribution in [0.5, 0.6) is 0 Å². The molecule has 1 aromatic rings. The second-order valence-corrected chi connectivity index (χ2v) is 4.57. The maximum absolute atomic E-state index is 5.30. The van der Waals surface area contributed by atoms with E-state index in [1.54, 1.807) is 0 Å². The van der Waals surface area contributed by atoms with Crippen LogP contribution in [0.3, 0.4) is 0 Å². The molecular weight excluding hydrogens is 238 g/mol. The summed E-state index contributed by atoms with van der Waals surface area (Å²) in [6.45, 7) is 9.75.